The van der Waals surface area contributed by atoms with Crippen LogP contribution in [0.4, 0.5) is 11.4 Å². The van der Waals surface area contributed by atoms with Gasteiger partial charge in [-0.2, -0.15) is 5.26 Å². The minimum atomic E-state index is -0.596. The average molecular weight is 447 g/mol. The van der Waals surface area contributed by atoms with Crippen LogP contribution in [0.25, 0.3) is 11.1 Å². The third kappa shape index (κ3) is 4.91. The van der Waals surface area contributed by atoms with Gasteiger partial charge in [0.1, 0.15) is 11.1 Å². The van der Waals surface area contributed by atoms with Crippen molar-refractivity contribution < 1.29 is 14.5 Å². The largest absolute Gasteiger partial charge is 0.369 e. The number of carbonyl (C=O) groups excluding carboxylic acids is 2. The Bertz CT molecular complexity index is 1260. The molecule has 2 amide bonds. The molecule has 0 radical (unpaired) electrons. The highest BCUT2D eigenvalue weighted by Gasteiger charge is 2.25. The molecule has 3 N–H and O–H groups in total. The Morgan fingerprint density at radius 2 is 1.94 bits per heavy atom. The molecule has 0 aliphatic carbocycles. The van der Waals surface area contributed by atoms with E-state index in [4.69, 9.17) is 5.73 Å². The Hall–Kier alpha value is -4.23. The van der Waals surface area contributed by atoms with Crippen molar-refractivity contribution in [2.75, 3.05) is 11.1 Å². The van der Waals surface area contributed by atoms with Crippen LogP contribution in [0.15, 0.2) is 59.6 Å². The fourth-order valence-electron chi connectivity index (χ4n) is 3.08. The molecule has 9 nitrogen and oxygen atoms in total. The van der Waals surface area contributed by atoms with Crippen LogP contribution in [-0.4, -0.2) is 27.5 Å². The number of nitriles is 1. The van der Waals surface area contributed by atoms with Gasteiger partial charge in [-0.05, 0) is 24.6 Å². The third-order valence-electron chi connectivity index (χ3n) is 4.41. The molecule has 3 rings (SSSR count). The van der Waals surface area contributed by atoms with E-state index < -0.39 is 16.7 Å². The number of nitro groups is 1. The molecular formula is C22H17N5O4S. The zero-order valence-electron chi connectivity index (χ0n) is 16.9. The lowest BCUT2D eigenvalue weighted by Gasteiger charge is -2.17. The summed E-state index contributed by atoms with van der Waals surface area (Å²) in [4.78, 5) is 39.6. The second-order valence-corrected chi connectivity index (χ2v) is 7.59. The summed E-state index contributed by atoms with van der Waals surface area (Å²) in [5.74, 6) is -1.24. The van der Waals surface area contributed by atoms with Gasteiger partial charge < -0.3 is 11.1 Å². The number of benzene rings is 2. The molecule has 1 heterocycles. The van der Waals surface area contributed by atoms with Gasteiger partial charge in [-0.3, -0.25) is 19.7 Å². The number of aromatic nitrogens is 1. The Morgan fingerprint density at radius 1 is 1.22 bits per heavy atom. The van der Waals surface area contributed by atoms with E-state index in [0.717, 1.165) is 11.8 Å². The van der Waals surface area contributed by atoms with E-state index in [1.165, 1.54) is 18.2 Å². The minimum Gasteiger partial charge on any atom is -0.369 e. The van der Waals surface area contributed by atoms with E-state index in [1.54, 1.807) is 43.3 Å². The van der Waals surface area contributed by atoms with E-state index in [-0.39, 0.29) is 33.2 Å². The molecule has 32 heavy (non-hydrogen) atoms. The molecule has 0 saturated carbocycles. The summed E-state index contributed by atoms with van der Waals surface area (Å²) in [6, 6.07) is 16.4. The van der Waals surface area contributed by atoms with E-state index in [0.29, 0.717) is 16.9 Å². The highest BCUT2D eigenvalue weighted by atomic mass is 32.2. The summed E-state index contributed by atoms with van der Waals surface area (Å²) < 4.78 is 0. The molecule has 0 spiro atoms. The summed E-state index contributed by atoms with van der Waals surface area (Å²) in [5.41, 5.74) is 6.50. The number of aryl methyl sites for hydroxylation is 1. The van der Waals surface area contributed by atoms with Crippen molar-refractivity contribution in [3.05, 3.63) is 81.5 Å². The number of thioether (sulfide) groups is 1. The van der Waals surface area contributed by atoms with Crippen LogP contribution >= 0.6 is 11.8 Å². The van der Waals surface area contributed by atoms with Gasteiger partial charge in [0.05, 0.1) is 27.5 Å². The maximum Gasteiger partial charge on any atom is 0.270 e. The SMILES string of the molecule is Cc1nc(SCC(N)=O)c(C#N)c(-c2cccc([N+](=O)[O-])c2)c1C(=O)Nc1ccccc1. The minimum absolute atomic E-state index is 0.0283. The van der Waals surface area contributed by atoms with Crippen molar-refractivity contribution in [3.63, 3.8) is 0 Å². The van der Waals surface area contributed by atoms with Gasteiger partial charge in [0.25, 0.3) is 11.6 Å². The predicted octanol–water partition coefficient (Wildman–Crippen LogP) is 3.67. The van der Waals surface area contributed by atoms with Gasteiger partial charge in [0, 0.05) is 23.4 Å². The molecule has 0 saturated heterocycles. The highest BCUT2D eigenvalue weighted by molar-refractivity contribution is 8.00. The number of amides is 2. The Kier molecular flexibility index (Phi) is 6.82. The van der Waals surface area contributed by atoms with Gasteiger partial charge in [0.2, 0.25) is 5.91 Å². The first-order valence-electron chi connectivity index (χ1n) is 9.28. The molecule has 1 aromatic heterocycles. The fraction of sp³-hybridized carbons (Fsp3) is 0.0909. The summed E-state index contributed by atoms with van der Waals surface area (Å²) in [6.07, 6.45) is 0. The number of hydrogen-bond acceptors (Lipinski definition) is 7. The first-order chi connectivity index (χ1) is 15.3. The number of rotatable bonds is 7. The number of non-ortho nitro benzene ring substituents is 1. The topological polar surface area (TPSA) is 152 Å². The number of para-hydroxylation sites is 1. The monoisotopic (exact) mass is 447 g/mol. The molecule has 0 fully saturated rings. The third-order valence-corrected chi connectivity index (χ3v) is 5.41. The van der Waals surface area contributed by atoms with Crippen LogP contribution in [-0.2, 0) is 4.79 Å². The van der Waals surface area contributed by atoms with Crippen LogP contribution < -0.4 is 11.1 Å². The molecule has 160 valence electrons. The second kappa shape index (κ2) is 9.72. The van der Waals surface area contributed by atoms with E-state index in [2.05, 4.69) is 10.3 Å². The summed E-state index contributed by atoms with van der Waals surface area (Å²) >= 11 is 0.964. The molecule has 0 aliphatic heterocycles. The lowest BCUT2D eigenvalue weighted by atomic mass is 9.94. The molecule has 10 heteroatoms. The summed E-state index contributed by atoms with van der Waals surface area (Å²) in [7, 11) is 0. The standard InChI is InChI=1S/C22H17N5O4S/c1-13-19(21(29)26-15-7-3-2-4-8-15)20(14-6-5-9-16(10-14)27(30)31)17(11-23)22(25-13)32-12-18(24)28/h2-10H,12H2,1H3,(H2,24,28)(H,26,29). The summed E-state index contributed by atoms with van der Waals surface area (Å²) in [6.45, 7) is 1.59. The lowest BCUT2D eigenvalue weighted by molar-refractivity contribution is -0.384. The van der Waals surface area contributed by atoms with E-state index >= 15 is 0 Å². The van der Waals surface area contributed by atoms with Crippen molar-refractivity contribution in [2.45, 2.75) is 11.9 Å². The molecule has 0 unspecified atom stereocenters. The lowest BCUT2D eigenvalue weighted by Crippen LogP contribution is -2.18. The molecule has 2 aromatic carbocycles. The zero-order valence-corrected chi connectivity index (χ0v) is 17.7. The van der Waals surface area contributed by atoms with Gasteiger partial charge in [-0.1, -0.05) is 42.1 Å². The zero-order chi connectivity index (χ0) is 23.3. The molecule has 3 aromatic rings. The van der Waals surface area contributed by atoms with Gasteiger partial charge in [-0.15, -0.1) is 0 Å². The van der Waals surface area contributed by atoms with Crippen LogP contribution in [0.2, 0.25) is 0 Å². The molecule has 0 atom stereocenters. The summed E-state index contributed by atoms with van der Waals surface area (Å²) in [5, 5.41) is 24.2. The number of pyridine rings is 1. The van der Waals surface area contributed by atoms with Gasteiger partial charge >= 0.3 is 0 Å². The van der Waals surface area contributed by atoms with Crippen molar-refractivity contribution in [1.29, 1.82) is 5.26 Å². The molecule has 0 aliphatic rings. The maximum atomic E-state index is 13.2. The number of hydrogen-bond donors (Lipinski definition) is 2. The predicted molar refractivity (Wildman–Crippen MR) is 120 cm³/mol. The first-order valence-corrected chi connectivity index (χ1v) is 10.3. The van der Waals surface area contributed by atoms with Crippen molar-refractivity contribution >= 4 is 35.0 Å². The average Bonchev–Trinajstić information content (AvgIpc) is 2.77. The number of carbonyl (C=O) groups is 2. The van der Waals surface area contributed by atoms with Gasteiger partial charge in [0.15, 0.2) is 0 Å². The number of nitro benzene ring substituents is 1. The van der Waals surface area contributed by atoms with Crippen LogP contribution in [0.3, 0.4) is 0 Å². The quantitative estimate of drug-likeness (QED) is 0.318. The Morgan fingerprint density at radius 3 is 2.56 bits per heavy atom. The van der Waals surface area contributed by atoms with Crippen molar-refractivity contribution in [2.24, 2.45) is 5.73 Å². The number of primary amides is 1. The molecular weight excluding hydrogens is 430 g/mol. The second-order valence-electron chi connectivity index (χ2n) is 6.62. The smallest absolute Gasteiger partial charge is 0.270 e. The fourth-order valence-corrected chi connectivity index (χ4v) is 3.85. The van der Waals surface area contributed by atoms with Crippen molar-refractivity contribution in [3.8, 4) is 17.2 Å². The van der Waals surface area contributed by atoms with Gasteiger partial charge in [-0.25, -0.2) is 4.98 Å². The maximum absolute atomic E-state index is 13.2. The van der Waals surface area contributed by atoms with E-state index in [9.17, 15) is 25.0 Å². The number of nitrogens with two attached hydrogens (primary N) is 1. The number of anilines is 1. The van der Waals surface area contributed by atoms with Crippen molar-refractivity contribution in [1.82, 2.24) is 4.98 Å². The first kappa shape index (κ1) is 22.5. The van der Waals surface area contributed by atoms with Crippen LogP contribution in [0.1, 0.15) is 21.6 Å². The molecule has 0 bridgehead atoms. The normalized spacial score (nSPS) is 10.2. The highest BCUT2D eigenvalue weighted by Crippen LogP contribution is 2.36. The number of nitrogens with zero attached hydrogens (tertiary/aromatic N) is 3. The Labute approximate surface area is 187 Å². The van der Waals surface area contributed by atoms with Crippen LogP contribution in [0, 0.1) is 28.4 Å². The number of nitrogens with one attached hydrogen (secondary N) is 1. The van der Waals surface area contributed by atoms with Crippen LogP contribution in [0.5, 0.6) is 0 Å². The van der Waals surface area contributed by atoms with E-state index in [1.807, 2.05) is 6.07 Å². The Balaban J connectivity index is 2.24.